The number of benzene rings is 1. The molecule has 2 N–H and O–H groups in total. The fraction of sp³-hybridized carbons (Fsp3) is 0.214. The van der Waals surface area contributed by atoms with E-state index in [4.69, 9.17) is 4.42 Å². The van der Waals surface area contributed by atoms with Crippen molar-refractivity contribution in [3.63, 3.8) is 0 Å². The highest BCUT2D eigenvalue weighted by Crippen LogP contribution is 2.23. The van der Waals surface area contributed by atoms with E-state index >= 15 is 0 Å². The van der Waals surface area contributed by atoms with Crippen molar-refractivity contribution < 1.29 is 24.2 Å². The summed E-state index contributed by atoms with van der Waals surface area (Å²) in [7, 11) is 0. The van der Waals surface area contributed by atoms with Gasteiger partial charge in [-0.2, -0.15) is 0 Å². The molecule has 0 aliphatic carbocycles. The van der Waals surface area contributed by atoms with E-state index in [1.54, 1.807) is 13.0 Å². The van der Waals surface area contributed by atoms with Crippen LogP contribution in [0.4, 0.5) is 0 Å². The summed E-state index contributed by atoms with van der Waals surface area (Å²) < 4.78 is 5.06. The SMILES string of the molecule is Cc1c(CC(=O)NCC(=O)[O-])c(=O)oc2cc(O)ccc12. The monoisotopic (exact) mass is 290 g/mol. The number of carbonyl (C=O) groups is 2. The summed E-state index contributed by atoms with van der Waals surface area (Å²) in [5, 5.41) is 22.3. The van der Waals surface area contributed by atoms with Crippen molar-refractivity contribution in [3.8, 4) is 5.75 Å². The van der Waals surface area contributed by atoms with Crippen LogP contribution in [0.15, 0.2) is 27.4 Å². The van der Waals surface area contributed by atoms with E-state index < -0.39 is 24.0 Å². The summed E-state index contributed by atoms with van der Waals surface area (Å²) in [5.41, 5.74) is 0.208. The lowest BCUT2D eigenvalue weighted by molar-refractivity contribution is -0.304. The maximum Gasteiger partial charge on any atom is 0.340 e. The topological polar surface area (TPSA) is 120 Å². The molecule has 0 aliphatic rings. The van der Waals surface area contributed by atoms with E-state index in [-0.39, 0.29) is 23.3 Å². The molecule has 0 atom stereocenters. The predicted octanol–water partition coefficient (Wildman–Crippen LogP) is -0.784. The van der Waals surface area contributed by atoms with Gasteiger partial charge in [0, 0.05) is 11.5 Å². The van der Waals surface area contributed by atoms with Crippen LogP contribution in [0.25, 0.3) is 11.0 Å². The van der Waals surface area contributed by atoms with E-state index in [1.807, 2.05) is 0 Å². The first-order valence-corrected chi connectivity index (χ1v) is 6.10. The van der Waals surface area contributed by atoms with Crippen molar-refractivity contribution in [2.75, 3.05) is 6.54 Å². The third kappa shape index (κ3) is 3.19. The van der Waals surface area contributed by atoms with Crippen LogP contribution in [-0.4, -0.2) is 23.5 Å². The second-order valence-corrected chi connectivity index (χ2v) is 4.50. The smallest absolute Gasteiger partial charge is 0.340 e. The number of nitrogens with one attached hydrogen (secondary N) is 1. The van der Waals surface area contributed by atoms with Gasteiger partial charge in [0.05, 0.1) is 24.5 Å². The van der Waals surface area contributed by atoms with E-state index in [0.29, 0.717) is 10.9 Å². The molecule has 7 nitrogen and oxygen atoms in total. The van der Waals surface area contributed by atoms with Crippen LogP contribution in [0.1, 0.15) is 11.1 Å². The molecular weight excluding hydrogens is 278 g/mol. The number of carboxylic acid groups (broad SMARTS) is 1. The molecule has 0 bridgehead atoms. The summed E-state index contributed by atoms with van der Waals surface area (Å²) in [6, 6.07) is 4.32. The van der Waals surface area contributed by atoms with Gasteiger partial charge in [0.1, 0.15) is 11.3 Å². The van der Waals surface area contributed by atoms with Crippen molar-refractivity contribution in [3.05, 3.63) is 39.7 Å². The number of aromatic hydroxyl groups is 1. The maximum atomic E-state index is 11.9. The van der Waals surface area contributed by atoms with Gasteiger partial charge in [0.2, 0.25) is 5.91 Å². The van der Waals surface area contributed by atoms with Gasteiger partial charge in [0.15, 0.2) is 0 Å². The lowest BCUT2D eigenvalue weighted by Crippen LogP contribution is -2.38. The average Bonchev–Trinajstić information content (AvgIpc) is 2.40. The number of hydrogen-bond donors (Lipinski definition) is 2. The molecule has 1 amide bonds. The number of rotatable bonds is 4. The molecule has 21 heavy (non-hydrogen) atoms. The van der Waals surface area contributed by atoms with Crippen LogP contribution < -0.4 is 16.0 Å². The van der Waals surface area contributed by atoms with Gasteiger partial charge in [-0.05, 0) is 24.6 Å². The number of fused-ring (bicyclic) bond motifs is 1. The first-order valence-electron chi connectivity index (χ1n) is 6.10. The molecule has 2 rings (SSSR count). The summed E-state index contributed by atoms with van der Waals surface area (Å²) >= 11 is 0. The standard InChI is InChI=1S/C14H13NO6/c1-7-9-3-2-8(16)4-11(9)21-14(20)10(7)5-12(17)15-6-13(18)19/h2-4,16H,5-6H2,1H3,(H,15,17)(H,18,19)/p-1. The van der Waals surface area contributed by atoms with Gasteiger partial charge in [0.25, 0.3) is 0 Å². The molecule has 1 aromatic carbocycles. The number of hydrogen-bond acceptors (Lipinski definition) is 6. The minimum Gasteiger partial charge on any atom is -0.548 e. The van der Waals surface area contributed by atoms with Gasteiger partial charge in [-0.1, -0.05) is 0 Å². The molecule has 0 saturated carbocycles. The molecule has 1 aromatic heterocycles. The number of phenols is 1. The Balaban J connectivity index is 2.36. The molecule has 0 radical (unpaired) electrons. The number of amides is 1. The Morgan fingerprint density at radius 3 is 2.76 bits per heavy atom. The molecule has 110 valence electrons. The molecule has 2 aromatic rings. The highest BCUT2D eigenvalue weighted by Gasteiger charge is 2.15. The Morgan fingerprint density at radius 2 is 2.10 bits per heavy atom. The van der Waals surface area contributed by atoms with E-state index in [1.165, 1.54) is 12.1 Å². The highest BCUT2D eigenvalue weighted by molar-refractivity contribution is 5.86. The Kier molecular flexibility index (Phi) is 3.93. The van der Waals surface area contributed by atoms with E-state index in [2.05, 4.69) is 5.32 Å². The molecule has 0 unspecified atom stereocenters. The van der Waals surface area contributed by atoms with Crippen LogP contribution in [-0.2, 0) is 16.0 Å². The van der Waals surface area contributed by atoms with Gasteiger partial charge < -0.3 is 24.7 Å². The van der Waals surface area contributed by atoms with Gasteiger partial charge >= 0.3 is 5.63 Å². The fourth-order valence-electron chi connectivity index (χ4n) is 1.98. The minimum atomic E-state index is -1.42. The van der Waals surface area contributed by atoms with Gasteiger partial charge in [-0.25, -0.2) is 4.79 Å². The number of carbonyl (C=O) groups excluding carboxylic acids is 2. The van der Waals surface area contributed by atoms with Crippen molar-refractivity contribution in [2.24, 2.45) is 0 Å². The van der Waals surface area contributed by atoms with Crippen molar-refractivity contribution in [2.45, 2.75) is 13.3 Å². The van der Waals surface area contributed by atoms with E-state index in [9.17, 15) is 24.6 Å². The second-order valence-electron chi connectivity index (χ2n) is 4.50. The lowest BCUT2D eigenvalue weighted by Gasteiger charge is -2.09. The number of phenolic OH excluding ortho intramolecular Hbond substituents is 1. The molecule has 0 fully saturated rings. The Morgan fingerprint density at radius 1 is 1.38 bits per heavy atom. The largest absolute Gasteiger partial charge is 0.548 e. The zero-order chi connectivity index (χ0) is 15.6. The summed E-state index contributed by atoms with van der Waals surface area (Å²) in [5.74, 6) is -2.07. The van der Waals surface area contributed by atoms with Crippen LogP contribution in [0.3, 0.4) is 0 Å². The van der Waals surface area contributed by atoms with Crippen LogP contribution in [0.5, 0.6) is 5.75 Å². The Bertz CT molecular complexity index is 777. The average molecular weight is 290 g/mol. The predicted molar refractivity (Wildman–Crippen MR) is 70.6 cm³/mol. The lowest BCUT2D eigenvalue weighted by atomic mass is 10.0. The first-order chi connectivity index (χ1) is 9.88. The van der Waals surface area contributed by atoms with Crippen molar-refractivity contribution >= 4 is 22.8 Å². The van der Waals surface area contributed by atoms with Crippen LogP contribution in [0.2, 0.25) is 0 Å². The van der Waals surface area contributed by atoms with Gasteiger partial charge in [-0.15, -0.1) is 0 Å². The molecule has 1 heterocycles. The minimum absolute atomic E-state index is 0.0375. The number of carboxylic acids is 1. The molecule has 0 spiro atoms. The van der Waals surface area contributed by atoms with Crippen molar-refractivity contribution in [1.82, 2.24) is 5.32 Å². The normalized spacial score (nSPS) is 10.5. The number of aliphatic carboxylic acids is 1. The summed E-state index contributed by atoms with van der Waals surface area (Å²) in [4.78, 5) is 33.7. The third-order valence-electron chi connectivity index (χ3n) is 3.04. The Labute approximate surface area is 118 Å². The van der Waals surface area contributed by atoms with Crippen molar-refractivity contribution in [1.29, 1.82) is 0 Å². The van der Waals surface area contributed by atoms with Gasteiger partial charge in [-0.3, -0.25) is 4.79 Å². The molecule has 0 aliphatic heterocycles. The third-order valence-corrected chi connectivity index (χ3v) is 3.04. The first kappa shape index (κ1) is 14.6. The molecule has 0 saturated heterocycles. The molecule has 7 heteroatoms. The number of aryl methyl sites for hydroxylation is 1. The summed E-state index contributed by atoms with van der Waals surface area (Å²) in [6.45, 7) is 1.03. The summed E-state index contributed by atoms with van der Waals surface area (Å²) in [6.07, 6.45) is -0.293. The zero-order valence-corrected chi connectivity index (χ0v) is 11.1. The second kappa shape index (κ2) is 5.66. The quantitative estimate of drug-likeness (QED) is 0.712. The molecular formula is C14H12NO6-. The maximum absolute atomic E-state index is 11.9. The Hall–Kier alpha value is -2.83. The zero-order valence-electron chi connectivity index (χ0n) is 11.1. The van der Waals surface area contributed by atoms with E-state index in [0.717, 1.165) is 0 Å². The fourth-order valence-corrected chi connectivity index (χ4v) is 1.98. The highest BCUT2D eigenvalue weighted by atomic mass is 16.4. The van der Waals surface area contributed by atoms with Crippen LogP contribution >= 0.6 is 0 Å². The van der Waals surface area contributed by atoms with Crippen LogP contribution in [0, 0.1) is 6.92 Å².